The van der Waals surface area contributed by atoms with Gasteiger partial charge in [-0.3, -0.25) is 20.2 Å². The molecule has 1 heterocycles. The lowest BCUT2D eigenvalue weighted by Crippen LogP contribution is -2.48. The fourth-order valence-corrected chi connectivity index (χ4v) is 3.60. The number of nitro groups is 1. The topological polar surface area (TPSA) is 139 Å². The maximum Gasteiger partial charge on any atom is 0.319 e. The molecule has 0 saturated heterocycles. The number of aryl methyl sites for hydroxylation is 1. The third kappa shape index (κ3) is 5.85. The number of aromatic nitrogens is 2. The zero-order valence-corrected chi connectivity index (χ0v) is 18.5. The minimum absolute atomic E-state index is 0.0857. The summed E-state index contributed by atoms with van der Waals surface area (Å²) >= 11 is 1.24. The molecule has 1 atom stereocenters. The fourth-order valence-electron chi connectivity index (χ4n) is 2.86. The molecule has 11 heteroatoms. The van der Waals surface area contributed by atoms with Gasteiger partial charge in [0.2, 0.25) is 11.0 Å². The molecule has 0 aliphatic heterocycles. The van der Waals surface area contributed by atoms with Crippen LogP contribution in [0.5, 0.6) is 0 Å². The van der Waals surface area contributed by atoms with Crippen LogP contribution in [0.4, 0.5) is 21.3 Å². The number of nitro benzene ring substituents is 1. The molecule has 166 valence electrons. The molecule has 3 amide bonds. The lowest BCUT2D eigenvalue weighted by atomic mass is 10.0. The van der Waals surface area contributed by atoms with Crippen LogP contribution in [0, 0.1) is 23.0 Å². The highest BCUT2D eigenvalue weighted by Crippen LogP contribution is 2.27. The van der Waals surface area contributed by atoms with Crippen LogP contribution in [0.2, 0.25) is 0 Å². The minimum atomic E-state index is -0.834. The van der Waals surface area contributed by atoms with Gasteiger partial charge < -0.3 is 10.6 Å². The number of amides is 3. The zero-order chi connectivity index (χ0) is 23.3. The quantitative estimate of drug-likeness (QED) is 0.361. The van der Waals surface area contributed by atoms with Crippen LogP contribution in [0.3, 0.4) is 0 Å². The van der Waals surface area contributed by atoms with E-state index in [0.29, 0.717) is 15.8 Å². The van der Waals surface area contributed by atoms with Crippen molar-refractivity contribution in [1.82, 2.24) is 15.5 Å². The summed E-state index contributed by atoms with van der Waals surface area (Å²) in [6.07, 6.45) is 0. The van der Waals surface area contributed by atoms with Crippen LogP contribution in [-0.2, 0) is 4.79 Å². The number of rotatable bonds is 7. The monoisotopic (exact) mass is 454 g/mol. The molecule has 0 spiro atoms. The number of carbonyl (C=O) groups is 2. The van der Waals surface area contributed by atoms with Gasteiger partial charge in [-0.25, -0.2) is 4.79 Å². The van der Waals surface area contributed by atoms with Crippen LogP contribution < -0.4 is 16.0 Å². The molecule has 1 aromatic heterocycles. The lowest BCUT2D eigenvalue weighted by molar-refractivity contribution is -0.384. The van der Waals surface area contributed by atoms with Gasteiger partial charge in [-0.05, 0) is 31.0 Å². The van der Waals surface area contributed by atoms with E-state index >= 15 is 0 Å². The van der Waals surface area contributed by atoms with Crippen molar-refractivity contribution in [3.8, 4) is 10.6 Å². The number of non-ortho nitro benzene ring substituents is 1. The Morgan fingerprint density at radius 2 is 1.78 bits per heavy atom. The smallest absolute Gasteiger partial charge is 0.319 e. The van der Waals surface area contributed by atoms with Crippen LogP contribution in [0.1, 0.15) is 19.4 Å². The average Bonchev–Trinajstić information content (AvgIpc) is 3.20. The van der Waals surface area contributed by atoms with E-state index in [1.165, 1.54) is 35.6 Å². The van der Waals surface area contributed by atoms with Gasteiger partial charge in [-0.15, -0.1) is 10.2 Å². The van der Waals surface area contributed by atoms with Crippen molar-refractivity contribution >= 4 is 39.8 Å². The average molecular weight is 455 g/mol. The van der Waals surface area contributed by atoms with Crippen LogP contribution in [0.25, 0.3) is 10.6 Å². The summed E-state index contributed by atoms with van der Waals surface area (Å²) in [5.41, 5.74) is 2.27. The van der Waals surface area contributed by atoms with Crippen molar-refractivity contribution in [2.45, 2.75) is 26.8 Å². The third-order valence-electron chi connectivity index (χ3n) is 4.49. The molecular formula is C21H22N6O4S. The van der Waals surface area contributed by atoms with Crippen molar-refractivity contribution in [3.05, 3.63) is 64.2 Å². The van der Waals surface area contributed by atoms with Crippen molar-refractivity contribution in [1.29, 1.82) is 0 Å². The number of nitrogens with zero attached hydrogens (tertiary/aromatic N) is 3. The highest BCUT2D eigenvalue weighted by molar-refractivity contribution is 7.18. The number of benzene rings is 2. The summed E-state index contributed by atoms with van der Waals surface area (Å²) in [6, 6.07) is 11.7. The molecule has 0 bridgehead atoms. The van der Waals surface area contributed by atoms with E-state index in [-0.39, 0.29) is 11.6 Å². The molecule has 0 aliphatic carbocycles. The summed E-state index contributed by atoms with van der Waals surface area (Å²) in [5.74, 6) is -0.632. The van der Waals surface area contributed by atoms with Crippen molar-refractivity contribution < 1.29 is 14.5 Å². The zero-order valence-electron chi connectivity index (χ0n) is 17.7. The SMILES string of the molecule is Cc1cccc(-c2nnc(NC(=O)C(NC(=O)Nc3ccc([N+](=O)[O-])cc3)C(C)C)s2)c1. The summed E-state index contributed by atoms with van der Waals surface area (Å²) in [4.78, 5) is 35.3. The van der Waals surface area contributed by atoms with Crippen LogP contribution in [0.15, 0.2) is 48.5 Å². The van der Waals surface area contributed by atoms with Gasteiger partial charge >= 0.3 is 6.03 Å². The molecule has 3 N–H and O–H groups in total. The number of anilines is 2. The van der Waals surface area contributed by atoms with E-state index in [1.807, 2.05) is 31.2 Å². The highest BCUT2D eigenvalue weighted by Gasteiger charge is 2.25. The number of urea groups is 1. The lowest BCUT2D eigenvalue weighted by Gasteiger charge is -2.21. The second-order valence-electron chi connectivity index (χ2n) is 7.40. The van der Waals surface area contributed by atoms with Crippen molar-refractivity contribution in [2.75, 3.05) is 10.6 Å². The van der Waals surface area contributed by atoms with E-state index in [1.54, 1.807) is 13.8 Å². The Labute approximate surface area is 188 Å². The molecule has 0 radical (unpaired) electrons. The van der Waals surface area contributed by atoms with Gasteiger partial charge in [-0.2, -0.15) is 0 Å². The molecule has 0 fully saturated rings. The molecule has 3 rings (SSSR count). The predicted molar refractivity (Wildman–Crippen MR) is 123 cm³/mol. The van der Waals surface area contributed by atoms with Crippen molar-refractivity contribution in [2.24, 2.45) is 5.92 Å². The molecule has 0 saturated carbocycles. The van der Waals surface area contributed by atoms with E-state index in [0.717, 1.165) is 11.1 Å². The largest absolute Gasteiger partial charge is 0.326 e. The first-order valence-electron chi connectivity index (χ1n) is 9.76. The Morgan fingerprint density at radius 1 is 1.06 bits per heavy atom. The van der Waals surface area contributed by atoms with Gasteiger partial charge in [0.1, 0.15) is 11.0 Å². The predicted octanol–water partition coefficient (Wildman–Crippen LogP) is 4.21. The Bertz CT molecular complexity index is 1130. The first-order valence-corrected chi connectivity index (χ1v) is 10.6. The maximum atomic E-state index is 12.8. The van der Waals surface area contributed by atoms with Crippen LogP contribution >= 0.6 is 11.3 Å². The minimum Gasteiger partial charge on any atom is -0.326 e. The molecule has 10 nitrogen and oxygen atoms in total. The van der Waals surface area contributed by atoms with Gasteiger partial charge in [0, 0.05) is 23.4 Å². The summed E-state index contributed by atoms with van der Waals surface area (Å²) in [7, 11) is 0. The van der Waals surface area contributed by atoms with E-state index < -0.39 is 22.9 Å². The number of hydrogen-bond donors (Lipinski definition) is 3. The Morgan fingerprint density at radius 3 is 2.41 bits per heavy atom. The van der Waals surface area contributed by atoms with Gasteiger partial charge in [0.15, 0.2) is 0 Å². The van der Waals surface area contributed by atoms with E-state index in [4.69, 9.17) is 0 Å². The maximum absolute atomic E-state index is 12.8. The van der Waals surface area contributed by atoms with E-state index in [2.05, 4.69) is 26.1 Å². The Hall–Kier alpha value is -3.86. The first-order chi connectivity index (χ1) is 15.2. The molecule has 2 aromatic carbocycles. The van der Waals surface area contributed by atoms with Crippen molar-refractivity contribution in [3.63, 3.8) is 0 Å². The number of carbonyl (C=O) groups excluding carboxylic acids is 2. The summed E-state index contributed by atoms with van der Waals surface area (Å²) < 4.78 is 0. The summed E-state index contributed by atoms with van der Waals surface area (Å²) in [6.45, 7) is 5.58. The van der Waals surface area contributed by atoms with Gasteiger partial charge in [0.25, 0.3) is 5.69 Å². The molecule has 1 unspecified atom stereocenters. The normalized spacial score (nSPS) is 11.6. The Kier molecular flexibility index (Phi) is 7.11. The number of nitrogens with one attached hydrogen (secondary N) is 3. The fraction of sp³-hybridized carbons (Fsp3) is 0.238. The molecule has 32 heavy (non-hydrogen) atoms. The second-order valence-corrected chi connectivity index (χ2v) is 8.37. The second kappa shape index (κ2) is 9.96. The molecule has 3 aromatic rings. The first kappa shape index (κ1) is 22.8. The number of hydrogen-bond acceptors (Lipinski definition) is 7. The molecule has 0 aliphatic rings. The summed E-state index contributed by atoms with van der Waals surface area (Å²) in [5, 5.41) is 27.8. The third-order valence-corrected chi connectivity index (χ3v) is 5.38. The van der Waals surface area contributed by atoms with Crippen LogP contribution in [-0.4, -0.2) is 33.1 Å². The van der Waals surface area contributed by atoms with Gasteiger partial charge in [-0.1, -0.05) is 48.9 Å². The Balaban J connectivity index is 1.63. The van der Waals surface area contributed by atoms with E-state index in [9.17, 15) is 19.7 Å². The van der Waals surface area contributed by atoms with Gasteiger partial charge in [0.05, 0.1) is 4.92 Å². The molecular weight excluding hydrogens is 432 g/mol. The highest BCUT2D eigenvalue weighted by atomic mass is 32.1. The standard InChI is InChI=1S/C21H22N6O4S/c1-12(2)17(23-20(29)22-15-7-9-16(10-8-15)27(30)31)18(28)24-21-26-25-19(32-21)14-6-4-5-13(3)11-14/h4-12,17H,1-3H3,(H2,22,23,29)(H,24,26,28).